The summed E-state index contributed by atoms with van der Waals surface area (Å²) in [5, 5.41) is 11.3. The molecule has 6 N–H and O–H groups in total. The van der Waals surface area contributed by atoms with Gasteiger partial charge in [0.25, 0.3) is 0 Å². The second-order valence-corrected chi connectivity index (χ2v) is 8.66. The van der Waals surface area contributed by atoms with E-state index in [1.54, 1.807) is 0 Å². The van der Waals surface area contributed by atoms with Crippen LogP contribution in [-0.2, 0) is 13.8 Å². The SMILES string of the molecule is CCCCCCCC/C=C\CCCCCCCCOC[C@H]([O-])COP(=O)(O)O.[NH4+]. The van der Waals surface area contributed by atoms with Crippen LogP contribution in [0, 0.1) is 0 Å². The first-order valence-electron chi connectivity index (χ1n) is 11.0. The first-order valence-corrected chi connectivity index (χ1v) is 12.6. The van der Waals surface area contributed by atoms with E-state index in [2.05, 4.69) is 23.6 Å². The second-order valence-electron chi connectivity index (χ2n) is 7.42. The first-order chi connectivity index (χ1) is 13.5. The van der Waals surface area contributed by atoms with Crippen molar-refractivity contribution in [1.29, 1.82) is 0 Å². The first kappa shape index (κ1) is 30.9. The van der Waals surface area contributed by atoms with Crippen LogP contribution in [-0.4, -0.2) is 35.7 Å². The molecular weight excluding hydrogens is 393 g/mol. The second kappa shape index (κ2) is 22.4. The molecule has 0 heterocycles. The molecule has 0 aliphatic rings. The maximum atomic E-state index is 11.3. The average Bonchev–Trinajstić information content (AvgIpc) is 2.65. The summed E-state index contributed by atoms with van der Waals surface area (Å²) in [4.78, 5) is 17.0. The van der Waals surface area contributed by atoms with Crippen molar-refractivity contribution < 1.29 is 28.7 Å². The van der Waals surface area contributed by atoms with Gasteiger partial charge in [-0.15, -0.1) is 0 Å². The standard InChI is InChI=1S/C21H42O6P.H3N/c1-2-3-4-5-6-7-8-9-10-11-12-13-14-15-16-17-18-26-19-21(22)20-27-28(23,24)25;/h9-10,21H,2-8,11-20H2,1H3,(H2,23,24,25);1H3/q-1;/p+1/b10-9-;/t21-;/m0./s1. The van der Waals surface area contributed by atoms with Gasteiger partial charge in [-0.25, -0.2) is 4.57 Å². The summed E-state index contributed by atoms with van der Waals surface area (Å²) in [5.74, 6) is 0. The van der Waals surface area contributed by atoms with Gasteiger partial charge in [0.05, 0.1) is 0 Å². The van der Waals surface area contributed by atoms with Crippen LogP contribution in [0.3, 0.4) is 0 Å². The molecule has 29 heavy (non-hydrogen) atoms. The molecule has 7 nitrogen and oxygen atoms in total. The molecule has 1 atom stereocenters. The zero-order chi connectivity index (χ0) is 20.9. The minimum Gasteiger partial charge on any atom is -0.849 e. The molecule has 0 aromatic carbocycles. The van der Waals surface area contributed by atoms with Gasteiger partial charge >= 0.3 is 7.82 Å². The number of hydrogen-bond donors (Lipinski definition) is 3. The lowest BCUT2D eigenvalue weighted by molar-refractivity contribution is -0.431. The number of ether oxygens (including phenoxy) is 1. The summed E-state index contributed by atoms with van der Waals surface area (Å²) >= 11 is 0. The van der Waals surface area contributed by atoms with Crippen molar-refractivity contribution >= 4 is 7.82 Å². The predicted molar refractivity (Wildman–Crippen MR) is 118 cm³/mol. The van der Waals surface area contributed by atoms with E-state index in [9.17, 15) is 9.67 Å². The summed E-state index contributed by atoms with van der Waals surface area (Å²) in [6, 6.07) is 0. The number of rotatable bonds is 21. The van der Waals surface area contributed by atoms with E-state index in [-0.39, 0.29) is 12.8 Å². The summed E-state index contributed by atoms with van der Waals surface area (Å²) in [7, 11) is -4.56. The lowest BCUT2D eigenvalue weighted by Gasteiger charge is -2.21. The fourth-order valence-corrected chi connectivity index (χ4v) is 3.26. The van der Waals surface area contributed by atoms with E-state index in [4.69, 9.17) is 14.5 Å². The fourth-order valence-electron chi connectivity index (χ4n) is 2.89. The summed E-state index contributed by atoms with van der Waals surface area (Å²) < 4.78 is 19.8. The smallest absolute Gasteiger partial charge is 0.469 e. The van der Waals surface area contributed by atoms with E-state index in [1.165, 1.54) is 77.0 Å². The largest absolute Gasteiger partial charge is 0.849 e. The Morgan fingerprint density at radius 1 is 0.828 bits per heavy atom. The monoisotopic (exact) mass is 439 g/mol. The van der Waals surface area contributed by atoms with E-state index in [1.807, 2.05) is 0 Å². The normalized spacial score (nSPS) is 13.0. The Labute approximate surface area is 178 Å². The summed E-state index contributed by atoms with van der Waals surface area (Å²) in [5.41, 5.74) is 0. The van der Waals surface area contributed by atoms with E-state index < -0.39 is 20.5 Å². The number of phosphoric acid groups is 1. The van der Waals surface area contributed by atoms with Crippen LogP contribution in [0.5, 0.6) is 0 Å². The van der Waals surface area contributed by atoms with Gasteiger partial charge in [0.1, 0.15) is 0 Å². The molecule has 0 aliphatic carbocycles. The van der Waals surface area contributed by atoms with Gasteiger partial charge in [0.15, 0.2) is 0 Å². The molecule has 0 unspecified atom stereocenters. The van der Waals surface area contributed by atoms with Gasteiger partial charge in [-0.3, -0.25) is 4.52 Å². The average molecular weight is 440 g/mol. The Bertz CT molecular complexity index is 403. The van der Waals surface area contributed by atoms with E-state index >= 15 is 0 Å². The number of hydrogen-bond acceptors (Lipinski definition) is 4. The molecule has 0 radical (unpaired) electrons. The molecule has 0 bridgehead atoms. The van der Waals surface area contributed by atoms with Crippen LogP contribution in [0.15, 0.2) is 12.2 Å². The maximum Gasteiger partial charge on any atom is 0.469 e. The van der Waals surface area contributed by atoms with Gasteiger partial charge in [-0.05, 0) is 32.1 Å². The Morgan fingerprint density at radius 3 is 1.83 bits per heavy atom. The third kappa shape index (κ3) is 27.7. The Hall–Kier alpha value is -0.270. The molecule has 0 rings (SSSR count). The van der Waals surface area contributed by atoms with E-state index in [0.29, 0.717) is 6.61 Å². The minimum atomic E-state index is -4.56. The molecule has 0 aliphatic heterocycles. The molecule has 0 saturated heterocycles. The maximum absolute atomic E-state index is 11.3. The lowest BCUT2D eigenvalue weighted by Crippen LogP contribution is -2.35. The van der Waals surface area contributed by atoms with Crippen molar-refractivity contribution in [2.75, 3.05) is 19.8 Å². The predicted octanol–water partition coefficient (Wildman–Crippen LogP) is 5.25. The molecule has 176 valence electrons. The van der Waals surface area contributed by atoms with Crippen LogP contribution in [0.25, 0.3) is 0 Å². The number of unbranched alkanes of at least 4 members (excludes halogenated alkanes) is 12. The van der Waals surface area contributed by atoms with Gasteiger partial charge in [0.2, 0.25) is 0 Å². The van der Waals surface area contributed by atoms with Crippen molar-refractivity contribution in [2.45, 2.75) is 103 Å². The van der Waals surface area contributed by atoms with Gasteiger partial charge in [-0.1, -0.05) is 83.0 Å². The molecule has 0 fully saturated rings. The number of allylic oxidation sites excluding steroid dienone is 2. The van der Waals surface area contributed by atoms with Crippen molar-refractivity contribution in [3.8, 4) is 0 Å². The number of phosphoric ester groups is 1. The quantitative estimate of drug-likeness (QED) is 0.127. The summed E-state index contributed by atoms with van der Waals surface area (Å²) in [6.45, 7) is 2.15. The molecule has 0 aromatic rings. The Balaban J connectivity index is 0. The van der Waals surface area contributed by atoms with Crippen molar-refractivity contribution in [1.82, 2.24) is 6.15 Å². The van der Waals surface area contributed by atoms with Gasteiger partial charge in [-0.2, -0.15) is 0 Å². The highest BCUT2D eigenvalue weighted by Crippen LogP contribution is 2.35. The van der Waals surface area contributed by atoms with Gasteiger partial charge in [0, 0.05) is 19.8 Å². The Morgan fingerprint density at radius 2 is 1.31 bits per heavy atom. The van der Waals surface area contributed by atoms with Gasteiger partial charge < -0.3 is 25.8 Å². The van der Waals surface area contributed by atoms with Crippen LogP contribution in [0.4, 0.5) is 0 Å². The molecule has 8 heteroatoms. The molecule has 0 aromatic heterocycles. The highest BCUT2D eigenvalue weighted by atomic mass is 31.2. The Kier molecular flexibility index (Phi) is 23.9. The molecule has 0 amide bonds. The molecule has 0 spiro atoms. The van der Waals surface area contributed by atoms with Crippen molar-refractivity contribution in [2.24, 2.45) is 0 Å². The lowest BCUT2D eigenvalue weighted by atomic mass is 10.1. The minimum absolute atomic E-state index is 0. The highest BCUT2D eigenvalue weighted by molar-refractivity contribution is 7.46. The van der Waals surface area contributed by atoms with Crippen LogP contribution < -0.4 is 11.3 Å². The van der Waals surface area contributed by atoms with Crippen LogP contribution >= 0.6 is 7.82 Å². The van der Waals surface area contributed by atoms with E-state index in [0.717, 1.165) is 12.8 Å². The van der Waals surface area contributed by atoms with Crippen LogP contribution in [0.2, 0.25) is 0 Å². The molecule has 0 saturated carbocycles. The van der Waals surface area contributed by atoms with Crippen molar-refractivity contribution in [3.63, 3.8) is 0 Å². The molecular formula is C21H46NO6P. The van der Waals surface area contributed by atoms with Crippen molar-refractivity contribution in [3.05, 3.63) is 12.2 Å². The zero-order valence-electron chi connectivity index (χ0n) is 18.7. The zero-order valence-corrected chi connectivity index (χ0v) is 19.6. The third-order valence-electron chi connectivity index (χ3n) is 4.53. The third-order valence-corrected chi connectivity index (χ3v) is 5.02. The van der Waals surface area contributed by atoms with Crippen LogP contribution in [0.1, 0.15) is 96.8 Å². The highest BCUT2D eigenvalue weighted by Gasteiger charge is 2.13. The topological polar surface area (TPSA) is 136 Å². The summed E-state index contributed by atoms with van der Waals surface area (Å²) in [6.07, 6.45) is 20.9. The fraction of sp³-hybridized carbons (Fsp3) is 0.905. The number of quaternary nitrogens is 1.